The number of nitrogens with zero attached hydrogens (tertiary/aromatic N) is 3. The Hall–Kier alpha value is -1.40. The van der Waals surface area contributed by atoms with Crippen molar-refractivity contribution in [3.63, 3.8) is 0 Å². The van der Waals surface area contributed by atoms with E-state index in [0.717, 1.165) is 31.7 Å². The summed E-state index contributed by atoms with van der Waals surface area (Å²) in [7, 11) is 1.74. The highest BCUT2D eigenvalue weighted by molar-refractivity contribution is 5.79. The van der Waals surface area contributed by atoms with Crippen molar-refractivity contribution < 1.29 is 9.53 Å². The van der Waals surface area contributed by atoms with Crippen molar-refractivity contribution in [3.05, 3.63) is 18.0 Å². The van der Waals surface area contributed by atoms with Gasteiger partial charge in [0.1, 0.15) is 0 Å². The first-order valence-electron chi connectivity index (χ1n) is 7.79. The molecule has 0 radical (unpaired) electrons. The number of H-pyrrole nitrogens is 1. The molecule has 0 spiro atoms. The quantitative estimate of drug-likeness (QED) is 0.866. The number of rotatable bonds is 5. The van der Waals surface area contributed by atoms with Gasteiger partial charge < -0.3 is 14.5 Å². The highest BCUT2D eigenvalue weighted by Crippen LogP contribution is 2.23. The fourth-order valence-corrected chi connectivity index (χ4v) is 3.43. The van der Waals surface area contributed by atoms with Gasteiger partial charge in [-0.05, 0) is 38.4 Å². The molecular weight excluding hydrogens is 268 g/mol. The summed E-state index contributed by atoms with van der Waals surface area (Å²) in [5, 5.41) is 6.77. The first-order valence-corrected chi connectivity index (χ1v) is 7.79. The molecule has 3 rings (SSSR count). The van der Waals surface area contributed by atoms with Crippen LogP contribution >= 0.6 is 0 Å². The second-order valence-electron chi connectivity index (χ2n) is 6.06. The lowest BCUT2D eigenvalue weighted by atomic mass is 10.1. The molecule has 2 aliphatic rings. The fourth-order valence-electron chi connectivity index (χ4n) is 3.43. The van der Waals surface area contributed by atoms with Crippen LogP contribution in [0.5, 0.6) is 0 Å². The summed E-state index contributed by atoms with van der Waals surface area (Å²) < 4.78 is 5.49. The number of likely N-dealkylation sites (tertiary alicyclic amines) is 2. The minimum absolute atomic E-state index is 0.169. The number of methoxy groups -OCH3 is 1. The van der Waals surface area contributed by atoms with Gasteiger partial charge in [-0.3, -0.25) is 9.89 Å². The molecule has 0 unspecified atom stereocenters. The van der Waals surface area contributed by atoms with Gasteiger partial charge >= 0.3 is 0 Å². The highest BCUT2D eigenvalue weighted by atomic mass is 16.5. The van der Waals surface area contributed by atoms with Gasteiger partial charge in [0.2, 0.25) is 5.91 Å². The van der Waals surface area contributed by atoms with Gasteiger partial charge in [-0.2, -0.15) is 5.10 Å². The second kappa shape index (κ2) is 6.58. The Morgan fingerprint density at radius 1 is 1.48 bits per heavy atom. The maximum atomic E-state index is 12.6. The van der Waals surface area contributed by atoms with Crippen molar-refractivity contribution >= 4 is 5.91 Å². The lowest BCUT2D eigenvalue weighted by Gasteiger charge is -2.28. The Bertz CT molecular complexity index is 456. The smallest absolute Gasteiger partial charge is 0.228 e. The van der Waals surface area contributed by atoms with Crippen LogP contribution in [0.4, 0.5) is 0 Å². The summed E-state index contributed by atoms with van der Waals surface area (Å²) in [4.78, 5) is 17.0. The van der Waals surface area contributed by atoms with E-state index in [4.69, 9.17) is 4.74 Å². The number of hydrogen-bond acceptors (Lipinski definition) is 4. The average Bonchev–Trinajstić information content (AvgIpc) is 3.20. The number of carbonyl (C=O) groups excluding carboxylic acids is 1. The van der Waals surface area contributed by atoms with Crippen molar-refractivity contribution in [1.29, 1.82) is 0 Å². The van der Waals surface area contributed by atoms with Crippen molar-refractivity contribution in [1.82, 2.24) is 20.0 Å². The van der Waals surface area contributed by atoms with Crippen LogP contribution in [0.15, 0.2) is 12.3 Å². The maximum absolute atomic E-state index is 12.6. The predicted molar refractivity (Wildman–Crippen MR) is 78.9 cm³/mol. The Morgan fingerprint density at radius 2 is 2.29 bits per heavy atom. The van der Waals surface area contributed by atoms with E-state index < -0.39 is 0 Å². The molecule has 2 saturated heterocycles. The molecule has 6 nitrogen and oxygen atoms in total. The van der Waals surface area contributed by atoms with Crippen LogP contribution < -0.4 is 0 Å². The molecular formula is C15H24N4O2. The Morgan fingerprint density at radius 3 is 2.95 bits per heavy atom. The molecule has 1 N–H and O–H groups in total. The van der Waals surface area contributed by atoms with E-state index >= 15 is 0 Å². The lowest BCUT2D eigenvalue weighted by Crippen LogP contribution is -2.43. The van der Waals surface area contributed by atoms with Gasteiger partial charge in [-0.25, -0.2) is 0 Å². The third-order valence-corrected chi connectivity index (χ3v) is 4.60. The zero-order chi connectivity index (χ0) is 14.7. The summed E-state index contributed by atoms with van der Waals surface area (Å²) >= 11 is 0. The second-order valence-corrected chi connectivity index (χ2v) is 6.06. The lowest BCUT2D eigenvalue weighted by molar-refractivity contribution is -0.132. The minimum atomic E-state index is 0.169. The van der Waals surface area contributed by atoms with E-state index in [1.165, 1.54) is 12.8 Å². The average molecular weight is 292 g/mol. The molecule has 0 bridgehead atoms. The molecule has 1 aromatic rings. The third-order valence-electron chi connectivity index (χ3n) is 4.60. The number of carbonyl (C=O) groups is 1. The fraction of sp³-hybridized carbons (Fsp3) is 0.733. The molecule has 116 valence electrons. The van der Waals surface area contributed by atoms with Crippen molar-refractivity contribution in [2.75, 3.05) is 33.3 Å². The van der Waals surface area contributed by atoms with E-state index in [1.807, 2.05) is 11.0 Å². The van der Waals surface area contributed by atoms with Crippen LogP contribution in [0.25, 0.3) is 0 Å². The van der Waals surface area contributed by atoms with Gasteiger partial charge in [-0.15, -0.1) is 0 Å². The molecule has 3 heterocycles. The maximum Gasteiger partial charge on any atom is 0.228 e. The largest absolute Gasteiger partial charge is 0.380 e. The summed E-state index contributed by atoms with van der Waals surface area (Å²) in [5.41, 5.74) is 0.876. The van der Waals surface area contributed by atoms with E-state index in [2.05, 4.69) is 15.1 Å². The first kappa shape index (κ1) is 14.5. The molecule has 2 aliphatic heterocycles. The van der Waals surface area contributed by atoms with Gasteiger partial charge in [0.15, 0.2) is 0 Å². The van der Waals surface area contributed by atoms with Crippen LogP contribution in [-0.2, 0) is 16.0 Å². The molecule has 2 fully saturated rings. The monoisotopic (exact) mass is 292 g/mol. The van der Waals surface area contributed by atoms with E-state index in [0.29, 0.717) is 13.0 Å². The van der Waals surface area contributed by atoms with Crippen LogP contribution in [0, 0.1) is 0 Å². The Balaban J connectivity index is 1.63. The Labute approximate surface area is 125 Å². The summed E-state index contributed by atoms with van der Waals surface area (Å²) in [6.45, 7) is 4.02. The first-order chi connectivity index (χ1) is 10.3. The van der Waals surface area contributed by atoms with Crippen LogP contribution in [-0.4, -0.2) is 71.3 Å². The van der Waals surface area contributed by atoms with E-state index in [-0.39, 0.29) is 18.1 Å². The molecule has 6 heteroatoms. The van der Waals surface area contributed by atoms with Crippen molar-refractivity contribution in [2.45, 2.75) is 37.8 Å². The molecule has 21 heavy (non-hydrogen) atoms. The number of aromatic nitrogens is 2. The van der Waals surface area contributed by atoms with E-state index in [1.54, 1.807) is 13.3 Å². The molecule has 0 saturated carbocycles. The predicted octanol–water partition coefficient (Wildman–Crippen LogP) is 0.664. The van der Waals surface area contributed by atoms with E-state index in [9.17, 15) is 4.79 Å². The Kier molecular flexibility index (Phi) is 4.55. The SMILES string of the molecule is CO[C@H]1C[C@@H](CN2CCCC2)N(C(=O)Cc2ccn[nH]2)C1. The molecule has 1 amide bonds. The number of hydrogen-bond donors (Lipinski definition) is 1. The molecule has 2 atom stereocenters. The van der Waals surface area contributed by atoms with Crippen molar-refractivity contribution in [3.8, 4) is 0 Å². The zero-order valence-electron chi connectivity index (χ0n) is 12.6. The molecule has 0 aromatic carbocycles. The number of amides is 1. The topological polar surface area (TPSA) is 61.5 Å². The molecule has 0 aliphatic carbocycles. The van der Waals surface area contributed by atoms with Gasteiger partial charge in [-0.1, -0.05) is 0 Å². The third kappa shape index (κ3) is 3.44. The number of nitrogens with one attached hydrogen (secondary N) is 1. The van der Waals surface area contributed by atoms with Crippen LogP contribution in [0.2, 0.25) is 0 Å². The normalized spacial score (nSPS) is 26.6. The summed E-state index contributed by atoms with van der Waals surface area (Å²) in [6, 6.07) is 2.14. The van der Waals surface area contributed by atoms with Crippen LogP contribution in [0.3, 0.4) is 0 Å². The number of ether oxygens (including phenoxy) is 1. The minimum Gasteiger partial charge on any atom is -0.380 e. The van der Waals surface area contributed by atoms with Gasteiger partial charge in [0, 0.05) is 38.1 Å². The standard InChI is InChI=1S/C15H24N4O2/c1-21-14-9-13(10-18-6-2-3-7-18)19(11-14)15(20)8-12-4-5-16-17-12/h4-5,13-14H,2-3,6-11H2,1H3,(H,16,17)/t13-,14-/m0/s1. The number of aromatic amines is 1. The van der Waals surface area contributed by atoms with Crippen molar-refractivity contribution in [2.24, 2.45) is 0 Å². The summed E-state index contributed by atoms with van der Waals surface area (Å²) in [5.74, 6) is 0.169. The van der Waals surface area contributed by atoms with Crippen LogP contribution in [0.1, 0.15) is 25.0 Å². The summed E-state index contributed by atoms with van der Waals surface area (Å²) in [6.07, 6.45) is 5.76. The molecule has 1 aromatic heterocycles. The van der Waals surface area contributed by atoms with Gasteiger partial charge in [0.25, 0.3) is 0 Å². The highest BCUT2D eigenvalue weighted by Gasteiger charge is 2.36. The van der Waals surface area contributed by atoms with Gasteiger partial charge in [0.05, 0.1) is 12.5 Å². The zero-order valence-corrected chi connectivity index (χ0v) is 12.6.